The number of halogens is 1. The topological polar surface area (TPSA) is 54.5 Å². The average Bonchev–Trinajstić information content (AvgIpc) is 3.04. The maximum atomic E-state index is 12.0. The number of carbonyl (C=O) groups is 1. The van der Waals surface area contributed by atoms with Gasteiger partial charge in [-0.1, -0.05) is 22.0 Å². The van der Waals surface area contributed by atoms with Crippen LogP contribution in [-0.4, -0.2) is 29.0 Å². The Kier molecular flexibility index (Phi) is 4.58. The van der Waals surface area contributed by atoms with E-state index in [1.165, 1.54) is 0 Å². The van der Waals surface area contributed by atoms with E-state index in [-0.39, 0.29) is 6.03 Å². The molecular formula is C16H16BrN3O2. The van der Waals surface area contributed by atoms with Crippen molar-refractivity contribution >= 4 is 27.6 Å². The lowest BCUT2D eigenvalue weighted by molar-refractivity contribution is 0.222. The van der Waals surface area contributed by atoms with Crippen molar-refractivity contribution in [1.82, 2.24) is 9.88 Å². The highest BCUT2D eigenvalue weighted by molar-refractivity contribution is 9.10. The summed E-state index contributed by atoms with van der Waals surface area (Å²) in [6.45, 7) is 1.65. The minimum atomic E-state index is -0.0695. The maximum Gasteiger partial charge on any atom is 0.321 e. The van der Waals surface area contributed by atoms with Crippen LogP contribution in [0.1, 0.15) is 12.8 Å². The minimum absolute atomic E-state index is 0.0695. The molecule has 1 aromatic carbocycles. The summed E-state index contributed by atoms with van der Waals surface area (Å²) < 4.78 is 6.60. The van der Waals surface area contributed by atoms with Gasteiger partial charge in [-0.2, -0.15) is 0 Å². The fourth-order valence-electron chi connectivity index (χ4n) is 2.29. The smallest absolute Gasteiger partial charge is 0.321 e. The number of anilines is 1. The van der Waals surface area contributed by atoms with Crippen molar-refractivity contribution in [2.75, 3.05) is 18.4 Å². The number of hydrogen-bond acceptors (Lipinski definition) is 3. The van der Waals surface area contributed by atoms with Crippen molar-refractivity contribution in [3.8, 4) is 11.6 Å². The molecule has 2 amide bonds. The molecule has 0 radical (unpaired) electrons. The zero-order valence-electron chi connectivity index (χ0n) is 12.0. The van der Waals surface area contributed by atoms with E-state index >= 15 is 0 Å². The molecule has 1 aromatic heterocycles. The summed E-state index contributed by atoms with van der Waals surface area (Å²) in [4.78, 5) is 18.0. The molecule has 22 heavy (non-hydrogen) atoms. The van der Waals surface area contributed by atoms with Gasteiger partial charge >= 0.3 is 6.03 Å². The molecule has 0 aliphatic carbocycles. The first-order valence-electron chi connectivity index (χ1n) is 7.16. The maximum absolute atomic E-state index is 12.0. The van der Waals surface area contributed by atoms with Gasteiger partial charge in [0, 0.05) is 23.6 Å². The van der Waals surface area contributed by atoms with Crippen LogP contribution in [0.25, 0.3) is 0 Å². The number of urea groups is 1. The number of aromatic nitrogens is 1. The number of rotatable bonds is 3. The van der Waals surface area contributed by atoms with E-state index < -0.39 is 0 Å². The Bertz CT molecular complexity index is 655. The molecule has 1 N–H and O–H groups in total. The number of nitrogens with one attached hydrogen (secondary N) is 1. The summed E-state index contributed by atoms with van der Waals surface area (Å²) in [6, 6.07) is 11.0. The molecule has 2 aromatic rings. The minimum Gasteiger partial charge on any atom is -0.439 e. The highest BCUT2D eigenvalue weighted by Crippen LogP contribution is 2.23. The molecule has 3 rings (SSSR count). The molecular weight excluding hydrogens is 346 g/mol. The van der Waals surface area contributed by atoms with Crippen LogP contribution in [0.15, 0.2) is 47.1 Å². The Labute approximate surface area is 137 Å². The molecule has 1 aliphatic rings. The van der Waals surface area contributed by atoms with E-state index in [0.29, 0.717) is 17.3 Å². The third-order valence-electron chi connectivity index (χ3n) is 3.40. The monoisotopic (exact) mass is 361 g/mol. The molecule has 0 unspecified atom stereocenters. The third kappa shape index (κ3) is 3.76. The number of nitrogens with zero attached hydrogens (tertiary/aromatic N) is 2. The number of amides is 2. The number of carbonyl (C=O) groups excluding carboxylic acids is 1. The van der Waals surface area contributed by atoms with E-state index in [2.05, 4.69) is 26.2 Å². The van der Waals surface area contributed by atoms with Crippen LogP contribution < -0.4 is 10.1 Å². The summed E-state index contributed by atoms with van der Waals surface area (Å²) in [6.07, 6.45) is 3.75. The van der Waals surface area contributed by atoms with Crippen molar-refractivity contribution in [1.29, 1.82) is 0 Å². The van der Waals surface area contributed by atoms with Gasteiger partial charge < -0.3 is 15.0 Å². The van der Waals surface area contributed by atoms with Crippen molar-refractivity contribution in [2.24, 2.45) is 0 Å². The average molecular weight is 362 g/mol. The van der Waals surface area contributed by atoms with Gasteiger partial charge in [-0.25, -0.2) is 9.78 Å². The predicted octanol–water partition coefficient (Wildman–Crippen LogP) is 4.26. The van der Waals surface area contributed by atoms with E-state index in [4.69, 9.17) is 4.74 Å². The summed E-state index contributed by atoms with van der Waals surface area (Å²) in [5.41, 5.74) is 0.665. The van der Waals surface area contributed by atoms with E-state index in [9.17, 15) is 4.79 Å². The summed E-state index contributed by atoms with van der Waals surface area (Å²) in [5, 5.41) is 2.85. The molecule has 1 aliphatic heterocycles. The molecule has 5 nitrogen and oxygen atoms in total. The van der Waals surface area contributed by atoms with Gasteiger partial charge in [0.15, 0.2) is 0 Å². The Balaban J connectivity index is 1.61. The second-order valence-electron chi connectivity index (χ2n) is 5.07. The number of pyridine rings is 1. The molecule has 0 atom stereocenters. The SMILES string of the molecule is O=C(Nc1ccc(Oc2cccc(Br)c2)nc1)N1CCCC1. The molecule has 1 fully saturated rings. The standard InChI is InChI=1S/C16H16BrN3O2/c17-12-4-3-5-14(10-12)22-15-7-6-13(11-18-15)19-16(21)20-8-1-2-9-20/h3-7,10-11H,1-2,8-9H2,(H,19,21). The second-order valence-corrected chi connectivity index (χ2v) is 5.98. The molecule has 2 heterocycles. The molecule has 0 saturated carbocycles. The van der Waals surface area contributed by atoms with Crippen LogP contribution >= 0.6 is 15.9 Å². The van der Waals surface area contributed by atoms with Gasteiger partial charge in [-0.3, -0.25) is 0 Å². The normalized spacial score (nSPS) is 14.0. The summed E-state index contributed by atoms with van der Waals surface area (Å²) >= 11 is 3.39. The Morgan fingerprint density at radius 2 is 2.05 bits per heavy atom. The lowest BCUT2D eigenvalue weighted by Crippen LogP contribution is -2.32. The number of benzene rings is 1. The van der Waals surface area contributed by atoms with Gasteiger partial charge in [0.1, 0.15) is 5.75 Å². The van der Waals surface area contributed by atoms with Gasteiger partial charge in [0.05, 0.1) is 11.9 Å². The van der Waals surface area contributed by atoms with Crippen LogP contribution in [0.5, 0.6) is 11.6 Å². The number of hydrogen-bond donors (Lipinski definition) is 1. The zero-order valence-corrected chi connectivity index (χ0v) is 13.5. The number of likely N-dealkylation sites (tertiary alicyclic amines) is 1. The molecule has 0 spiro atoms. The fourth-order valence-corrected chi connectivity index (χ4v) is 2.67. The molecule has 6 heteroatoms. The Morgan fingerprint density at radius 1 is 1.23 bits per heavy atom. The first-order chi connectivity index (χ1) is 10.7. The first kappa shape index (κ1) is 14.8. The predicted molar refractivity (Wildman–Crippen MR) is 88.3 cm³/mol. The third-order valence-corrected chi connectivity index (χ3v) is 3.89. The molecule has 1 saturated heterocycles. The van der Waals surface area contributed by atoms with E-state index in [1.54, 1.807) is 18.3 Å². The quantitative estimate of drug-likeness (QED) is 0.888. The van der Waals surface area contributed by atoms with E-state index in [0.717, 1.165) is 30.4 Å². The van der Waals surface area contributed by atoms with E-state index in [1.807, 2.05) is 29.2 Å². The molecule has 114 valence electrons. The van der Waals surface area contributed by atoms with Gasteiger partial charge in [-0.15, -0.1) is 0 Å². The largest absolute Gasteiger partial charge is 0.439 e. The lowest BCUT2D eigenvalue weighted by atomic mass is 10.3. The van der Waals surface area contributed by atoms with Crippen molar-refractivity contribution < 1.29 is 9.53 Å². The highest BCUT2D eigenvalue weighted by atomic mass is 79.9. The highest BCUT2D eigenvalue weighted by Gasteiger charge is 2.17. The van der Waals surface area contributed by atoms with Crippen molar-refractivity contribution in [2.45, 2.75) is 12.8 Å². The van der Waals surface area contributed by atoms with Crippen molar-refractivity contribution in [3.63, 3.8) is 0 Å². The van der Waals surface area contributed by atoms with Crippen molar-refractivity contribution in [3.05, 3.63) is 47.1 Å². The lowest BCUT2D eigenvalue weighted by Gasteiger charge is -2.16. The van der Waals surface area contributed by atoms with Gasteiger partial charge in [0.25, 0.3) is 0 Å². The Morgan fingerprint density at radius 3 is 2.73 bits per heavy atom. The van der Waals surface area contributed by atoms with Crippen LogP contribution in [0, 0.1) is 0 Å². The van der Waals surface area contributed by atoms with Gasteiger partial charge in [-0.05, 0) is 37.1 Å². The van der Waals surface area contributed by atoms with Crippen LogP contribution in [0.2, 0.25) is 0 Å². The second kappa shape index (κ2) is 6.79. The van der Waals surface area contributed by atoms with Crippen LogP contribution in [-0.2, 0) is 0 Å². The number of ether oxygens (including phenoxy) is 1. The van der Waals surface area contributed by atoms with Crippen LogP contribution in [0.3, 0.4) is 0 Å². The summed E-state index contributed by atoms with van der Waals surface area (Å²) in [5.74, 6) is 1.19. The Hall–Kier alpha value is -2.08. The van der Waals surface area contributed by atoms with Gasteiger partial charge in [0.2, 0.25) is 5.88 Å². The molecule has 0 bridgehead atoms. The van der Waals surface area contributed by atoms with Crippen LogP contribution in [0.4, 0.5) is 10.5 Å². The fraction of sp³-hybridized carbons (Fsp3) is 0.250. The first-order valence-corrected chi connectivity index (χ1v) is 7.95. The zero-order chi connectivity index (χ0) is 15.4. The summed E-state index contributed by atoms with van der Waals surface area (Å²) in [7, 11) is 0.